The van der Waals surface area contributed by atoms with E-state index in [0.29, 0.717) is 5.56 Å². The van der Waals surface area contributed by atoms with Gasteiger partial charge in [0.2, 0.25) is 0 Å². The minimum Gasteiger partial charge on any atom is -0.293 e. The maximum atomic E-state index is 11.2. The summed E-state index contributed by atoms with van der Waals surface area (Å²) in [6, 6.07) is 0. The molecule has 12 heavy (non-hydrogen) atoms. The molecule has 1 aromatic rings. The lowest BCUT2D eigenvalue weighted by atomic mass is 10.2. The lowest BCUT2D eigenvalue weighted by Crippen LogP contribution is -1.98. The monoisotopic (exact) mass is 160 g/mol. The van der Waals surface area contributed by atoms with Gasteiger partial charge in [-0.15, -0.1) is 5.92 Å². The lowest BCUT2D eigenvalue weighted by Gasteiger charge is -1.92. The van der Waals surface area contributed by atoms with Gasteiger partial charge in [-0.25, -0.2) is 9.97 Å². The van der Waals surface area contributed by atoms with Gasteiger partial charge in [0.15, 0.2) is 5.78 Å². The van der Waals surface area contributed by atoms with Gasteiger partial charge in [-0.2, -0.15) is 0 Å². The first-order valence-corrected chi connectivity index (χ1v) is 3.52. The molecule has 0 aromatic carbocycles. The van der Waals surface area contributed by atoms with Gasteiger partial charge in [0.1, 0.15) is 6.33 Å². The minimum atomic E-state index is -0.0371. The molecule has 0 aliphatic rings. The third-order valence-electron chi connectivity index (χ3n) is 1.31. The molecule has 0 spiro atoms. The number of carbonyl (C=O) groups excluding carboxylic acids is 1. The highest BCUT2D eigenvalue weighted by Crippen LogP contribution is 1.97. The van der Waals surface area contributed by atoms with Crippen LogP contribution in [0.5, 0.6) is 0 Å². The van der Waals surface area contributed by atoms with Crippen LogP contribution in [-0.2, 0) is 0 Å². The molecule has 0 atom stereocenters. The molecule has 3 nitrogen and oxygen atoms in total. The Morgan fingerprint density at radius 2 is 2.17 bits per heavy atom. The predicted octanol–water partition coefficient (Wildman–Crippen LogP) is 1.07. The molecule has 0 amide bonds. The number of nitrogens with zero attached hydrogens (tertiary/aromatic N) is 2. The number of hydrogen-bond acceptors (Lipinski definition) is 3. The molecule has 0 unspecified atom stereocenters. The van der Waals surface area contributed by atoms with E-state index in [9.17, 15) is 4.79 Å². The van der Waals surface area contributed by atoms with Gasteiger partial charge >= 0.3 is 0 Å². The molecule has 0 aliphatic heterocycles. The molecule has 0 fully saturated rings. The third kappa shape index (κ3) is 2.17. The van der Waals surface area contributed by atoms with Crippen molar-refractivity contribution >= 4 is 5.78 Å². The lowest BCUT2D eigenvalue weighted by molar-refractivity contribution is 0.0997. The Balaban J connectivity index is 2.70. The van der Waals surface area contributed by atoms with Crippen molar-refractivity contribution in [1.82, 2.24) is 9.97 Å². The third-order valence-corrected chi connectivity index (χ3v) is 1.31. The van der Waals surface area contributed by atoms with Crippen molar-refractivity contribution < 1.29 is 4.79 Å². The van der Waals surface area contributed by atoms with Crippen LogP contribution in [0.15, 0.2) is 18.7 Å². The standard InChI is InChI=1S/C9H8N2O/c1-2-3-4-9(12)8-5-10-7-11-6-8/h5-7H,4H2,1H3. The second-order valence-electron chi connectivity index (χ2n) is 2.15. The molecule has 0 aliphatic carbocycles. The fourth-order valence-electron chi connectivity index (χ4n) is 0.714. The van der Waals surface area contributed by atoms with Crippen molar-refractivity contribution in [2.75, 3.05) is 0 Å². The second kappa shape index (κ2) is 4.24. The van der Waals surface area contributed by atoms with Crippen molar-refractivity contribution in [3.63, 3.8) is 0 Å². The average Bonchev–Trinajstić information content (AvgIpc) is 2.15. The molecular weight excluding hydrogens is 152 g/mol. The normalized spacial score (nSPS) is 8.42. The van der Waals surface area contributed by atoms with E-state index in [1.165, 1.54) is 18.7 Å². The van der Waals surface area contributed by atoms with E-state index in [0.717, 1.165) is 0 Å². The number of aromatic nitrogens is 2. The fourth-order valence-corrected chi connectivity index (χ4v) is 0.714. The number of ketones is 1. The van der Waals surface area contributed by atoms with Crippen molar-refractivity contribution in [3.05, 3.63) is 24.3 Å². The molecule has 0 radical (unpaired) electrons. The van der Waals surface area contributed by atoms with E-state index in [2.05, 4.69) is 21.8 Å². The summed E-state index contributed by atoms with van der Waals surface area (Å²) >= 11 is 0. The highest BCUT2D eigenvalue weighted by molar-refractivity contribution is 5.96. The Kier molecular flexibility index (Phi) is 2.97. The summed E-state index contributed by atoms with van der Waals surface area (Å²) in [5.41, 5.74) is 0.514. The fraction of sp³-hybridized carbons (Fsp3) is 0.222. The van der Waals surface area contributed by atoms with Crippen molar-refractivity contribution in [1.29, 1.82) is 0 Å². The topological polar surface area (TPSA) is 42.9 Å². The van der Waals surface area contributed by atoms with E-state index < -0.39 is 0 Å². The Morgan fingerprint density at radius 3 is 2.75 bits per heavy atom. The first-order chi connectivity index (χ1) is 5.84. The van der Waals surface area contributed by atoms with E-state index >= 15 is 0 Å². The van der Waals surface area contributed by atoms with Gasteiger partial charge in [0.25, 0.3) is 0 Å². The molecule has 0 saturated carbocycles. The molecule has 1 rings (SSSR count). The van der Waals surface area contributed by atoms with Crippen LogP contribution in [0.25, 0.3) is 0 Å². The van der Waals surface area contributed by atoms with E-state index in [-0.39, 0.29) is 12.2 Å². The minimum absolute atomic E-state index is 0.0371. The predicted molar refractivity (Wildman–Crippen MR) is 44.4 cm³/mol. The molecule has 0 bridgehead atoms. The van der Waals surface area contributed by atoms with Gasteiger partial charge in [0, 0.05) is 12.4 Å². The summed E-state index contributed by atoms with van der Waals surface area (Å²) in [6.07, 6.45) is 4.62. The number of rotatable bonds is 2. The van der Waals surface area contributed by atoms with Gasteiger partial charge in [0.05, 0.1) is 12.0 Å². The summed E-state index contributed by atoms with van der Waals surface area (Å²) in [4.78, 5) is 18.7. The summed E-state index contributed by atoms with van der Waals surface area (Å²) < 4.78 is 0. The molecule has 60 valence electrons. The summed E-state index contributed by atoms with van der Waals surface area (Å²) in [5, 5.41) is 0. The van der Waals surface area contributed by atoms with Crippen LogP contribution in [0.2, 0.25) is 0 Å². The van der Waals surface area contributed by atoms with Crippen LogP contribution in [0.3, 0.4) is 0 Å². The molecule has 1 heterocycles. The summed E-state index contributed by atoms with van der Waals surface area (Å²) in [7, 11) is 0. The maximum absolute atomic E-state index is 11.2. The largest absolute Gasteiger partial charge is 0.293 e. The van der Waals surface area contributed by atoms with Crippen LogP contribution in [0.1, 0.15) is 23.7 Å². The molecular formula is C9H8N2O. The van der Waals surface area contributed by atoms with Crippen LogP contribution < -0.4 is 0 Å². The first-order valence-electron chi connectivity index (χ1n) is 3.52. The van der Waals surface area contributed by atoms with Crippen LogP contribution >= 0.6 is 0 Å². The van der Waals surface area contributed by atoms with Gasteiger partial charge in [-0.1, -0.05) is 5.92 Å². The molecule has 0 saturated heterocycles. The second-order valence-corrected chi connectivity index (χ2v) is 2.15. The van der Waals surface area contributed by atoms with Gasteiger partial charge in [-0.3, -0.25) is 4.79 Å². The molecule has 3 heteroatoms. The number of hydrogen-bond donors (Lipinski definition) is 0. The Hall–Kier alpha value is -1.69. The smallest absolute Gasteiger partial charge is 0.177 e. The summed E-state index contributed by atoms with van der Waals surface area (Å²) in [5.74, 6) is 5.31. The van der Waals surface area contributed by atoms with E-state index in [1.54, 1.807) is 6.92 Å². The SMILES string of the molecule is CC#CCC(=O)c1cncnc1. The van der Waals surface area contributed by atoms with Crippen molar-refractivity contribution in [3.8, 4) is 11.8 Å². The zero-order chi connectivity index (χ0) is 8.81. The molecule has 0 N–H and O–H groups in total. The van der Waals surface area contributed by atoms with Crippen LogP contribution in [0.4, 0.5) is 0 Å². The Labute approximate surface area is 70.9 Å². The Bertz CT molecular complexity index is 321. The first kappa shape index (κ1) is 8.41. The zero-order valence-electron chi connectivity index (χ0n) is 6.74. The van der Waals surface area contributed by atoms with Crippen LogP contribution in [0, 0.1) is 11.8 Å². The van der Waals surface area contributed by atoms with E-state index in [4.69, 9.17) is 0 Å². The number of Topliss-reactive ketones (excluding diaryl/α,β-unsaturated/α-hetero) is 1. The molecule has 1 aromatic heterocycles. The average molecular weight is 160 g/mol. The number of carbonyl (C=O) groups is 1. The Morgan fingerprint density at radius 1 is 1.50 bits per heavy atom. The van der Waals surface area contributed by atoms with Crippen molar-refractivity contribution in [2.45, 2.75) is 13.3 Å². The van der Waals surface area contributed by atoms with Crippen LogP contribution in [-0.4, -0.2) is 15.8 Å². The maximum Gasteiger partial charge on any atom is 0.177 e. The zero-order valence-corrected chi connectivity index (χ0v) is 6.74. The van der Waals surface area contributed by atoms with Gasteiger partial charge < -0.3 is 0 Å². The quantitative estimate of drug-likeness (QED) is 0.480. The highest BCUT2D eigenvalue weighted by atomic mass is 16.1. The summed E-state index contributed by atoms with van der Waals surface area (Å²) in [6.45, 7) is 1.70. The highest BCUT2D eigenvalue weighted by Gasteiger charge is 2.02. The van der Waals surface area contributed by atoms with Crippen molar-refractivity contribution in [2.24, 2.45) is 0 Å². The van der Waals surface area contributed by atoms with Gasteiger partial charge in [-0.05, 0) is 6.92 Å². The van der Waals surface area contributed by atoms with E-state index in [1.807, 2.05) is 0 Å².